The highest BCUT2D eigenvalue weighted by molar-refractivity contribution is 6.36. The van der Waals surface area contributed by atoms with Gasteiger partial charge in [-0.2, -0.15) is 10.2 Å². The summed E-state index contributed by atoms with van der Waals surface area (Å²) in [6.07, 6.45) is 3.60. The van der Waals surface area contributed by atoms with Crippen LogP contribution in [0, 0.1) is 11.3 Å². The number of nitriles is 1. The Bertz CT molecular complexity index is 2610. The van der Waals surface area contributed by atoms with E-state index in [4.69, 9.17) is 47.1 Å². The molecule has 15 nitrogen and oxygen atoms in total. The molecule has 0 radical (unpaired) electrons. The number of ether oxygens (including phenoxy) is 4. The lowest BCUT2D eigenvalue weighted by Crippen LogP contribution is -2.52. The molecule has 3 N–H and O–H groups in total. The number of methoxy groups -OCH3 is 1. The molecule has 7 rings (SSSR count). The number of pyridine rings is 3. The number of halogens is 2. The molecule has 17 heteroatoms. The number of carbonyl (C=O) groups excluding carboxylic acids is 1. The monoisotopic (exact) mass is 923 g/mol. The molecule has 2 atom stereocenters. The molecule has 0 bridgehead atoms. The molecule has 2 aliphatic rings. The van der Waals surface area contributed by atoms with Crippen LogP contribution in [0.5, 0.6) is 17.6 Å². The summed E-state index contributed by atoms with van der Waals surface area (Å²) in [5.74, 6) is -0.498. The molecule has 65 heavy (non-hydrogen) atoms. The lowest BCUT2D eigenvalue weighted by atomic mass is 9.94. The van der Waals surface area contributed by atoms with Crippen molar-refractivity contribution in [1.29, 1.82) is 5.26 Å². The van der Waals surface area contributed by atoms with E-state index < -0.39 is 29.8 Å². The van der Waals surface area contributed by atoms with Gasteiger partial charge in [-0.3, -0.25) is 20.0 Å². The fraction of sp³-hybridized carbons (Fsp3) is 0.375. The van der Waals surface area contributed by atoms with Gasteiger partial charge < -0.3 is 34.1 Å². The molecular weight excluding hydrogens is 873 g/mol. The quantitative estimate of drug-likeness (QED) is 0.0914. The average molecular weight is 925 g/mol. The summed E-state index contributed by atoms with van der Waals surface area (Å²) in [6, 6.07) is 21.2. The van der Waals surface area contributed by atoms with Gasteiger partial charge in [-0.15, -0.1) is 0 Å². The average Bonchev–Trinajstić information content (AvgIpc) is 3.71. The number of piperazine rings is 1. The Labute approximate surface area is 387 Å². The number of carboxylic acids is 1. The van der Waals surface area contributed by atoms with Gasteiger partial charge >= 0.3 is 12.1 Å². The highest BCUT2D eigenvalue weighted by atomic mass is 35.5. The van der Waals surface area contributed by atoms with E-state index in [0.717, 1.165) is 33.4 Å². The zero-order valence-electron chi connectivity index (χ0n) is 36.9. The molecule has 0 unspecified atom stereocenters. The molecule has 4 heterocycles. The summed E-state index contributed by atoms with van der Waals surface area (Å²) in [7, 11) is 1.60. The maximum absolute atomic E-state index is 12.6. The number of carbonyl (C=O) groups is 2. The second kappa shape index (κ2) is 20.0. The van der Waals surface area contributed by atoms with Crippen LogP contribution in [-0.4, -0.2) is 98.1 Å². The van der Waals surface area contributed by atoms with Crippen LogP contribution in [0.2, 0.25) is 10.0 Å². The molecule has 0 spiro atoms. The third-order valence-corrected chi connectivity index (χ3v) is 12.0. The predicted molar refractivity (Wildman–Crippen MR) is 244 cm³/mol. The molecule has 1 amide bonds. The highest BCUT2D eigenvalue weighted by Crippen LogP contribution is 2.45. The summed E-state index contributed by atoms with van der Waals surface area (Å²) < 4.78 is 24.0. The third kappa shape index (κ3) is 10.9. The summed E-state index contributed by atoms with van der Waals surface area (Å²) >= 11 is 14.1. The van der Waals surface area contributed by atoms with Crippen molar-refractivity contribution in [2.75, 3.05) is 39.9 Å². The van der Waals surface area contributed by atoms with E-state index in [1.807, 2.05) is 69.3 Å². The largest absolute Gasteiger partial charge is 0.481 e. The van der Waals surface area contributed by atoms with Gasteiger partial charge in [0.05, 0.1) is 30.0 Å². The number of aliphatic carboxylic acids is 1. The van der Waals surface area contributed by atoms with Gasteiger partial charge in [0.2, 0.25) is 17.6 Å². The number of amides is 1. The molecule has 5 aromatic rings. The van der Waals surface area contributed by atoms with Crippen LogP contribution in [0.25, 0.3) is 22.4 Å². The minimum atomic E-state index is -1.64. The lowest BCUT2D eigenvalue weighted by Gasteiger charge is -2.35. The smallest absolute Gasteiger partial charge is 0.410 e. The Morgan fingerprint density at radius 2 is 1.66 bits per heavy atom. The fourth-order valence-electron chi connectivity index (χ4n) is 7.73. The molecule has 3 aromatic heterocycles. The van der Waals surface area contributed by atoms with Crippen LogP contribution in [0.1, 0.15) is 73.6 Å². The molecular formula is C48H51Cl2N7O8. The van der Waals surface area contributed by atoms with E-state index in [9.17, 15) is 25.1 Å². The van der Waals surface area contributed by atoms with E-state index in [1.54, 1.807) is 30.3 Å². The van der Waals surface area contributed by atoms with E-state index >= 15 is 0 Å². The zero-order chi connectivity index (χ0) is 46.5. The number of aliphatic hydroxyl groups is 1. The van der Waals surface area contributed by atoms with Crippen LogP contribution < -0.4 is 19.5 Å². The Kier molecular flexibility index (Phi) is 14.5. The maximum atomic E-state index is 12.6. The van der Waals surface area contributed by atoms with Crippen LogP contribution in [0.4, 0.5) is 4.79 Å². The molecule has 1 fully saturated rings. The number of aliphatic hydroxyl groups excluding tert-OH is 1. The van der Waals surface area contributed by atoms with E-state index in [2.05, 4.69) is 26.3 Å². The number of carboxylic acid groups (broad SMARTS) is 1. The number of nitrogens with zero attached hydrogens (tertiary/aromatic N) is 6. The molecule has 340 valence electrons. The summed E-state index contributed by atoms with van der Waals surface area (Å²) in [5, 5.41) is 32.5. The van der Waals surface area contributed by atoms with Gasteiger partial charge in [-0.1, -0.05) is 65.7 Å². The van der Waals surface area contributed by atoms with Gasteiger partial charge in [0.25, 0.3) is 0 Å². The van der Waals surface area contributed by atoms with Crippen molar-refractivity contribution in [1.82, 2.24) is 30.1 Å². The van der Waals surface area contributed by atoms with Crippen molar-refractivity contribution in [3.05, 3.63) is 116 Å². The molecule has 1 saturated heterocycles. The van der Waals surface area contributed by atoms with Crippen molar-refractivity contribution in [2.24, 2.45) is 0 Å². The minimum Gasteiger partial charge on any atom is -0.481 e. The number of benzene rings is 2. The van der Waals surface area contributed by atoms with E-state index in [-0.39, 0.29) is 36.0 Å². The fourth-order valence-corrected chi connectivity index (χ4v) is 8.28. The molecule has 0 saturated carbocycles. The SMILES string of the molecule is COc1nc(-c2cccc(-c3cccc4c3CC[C@@H]4Oc3nc(OCc4cncc(C#N)c4)c(CN[C@@](C)(CO)C(=O)O)cc3Cl)c2Cl)ccc1CN1CCN(C(=O)OC(C)(C)C)CC1. The van der Waals surface area contributed by atoms with Crippen molar-refractivity contribution < 1.29 is 38.7 Å². The van der Waals surface area contributed by atoms with E-state index in [0.29, 0.717) is 78.9 Å². The summed E-state index contributed by atoms with van der Waals surface area (Å²) in [4.78, 5) is 42.2. The summed E-state index contributed by atoms with van der Waals surface area (Å²) in [6.45, 7) is 9.36. The van der Waals surface area contributed by atoms with Crippen LogP contribution in [-0.2, 0) is 35.6 Å². The lowest BCUT2D eigenvalue weighted by molar-refractivity contribution is -0.145. The third-order valence-electron chi connectivity index (χ3n) is 11.3. The number of nitrogens with one attached hydrogen (secondary N) is 1. The topological polar surface area (TPSA) is 192 Å². The van der Waals surface area contributed by atoms with Gasteiger partial charge in [0.1, 0.15) is 34.9 Å². The van der Waals surface area contributed by atoms with Crippen LogP contribution in [0.15, 0.2) is 73.1 Å². The number of fused-ring (bicyclic) bond motifs is 1. The van der Waals surface area contributed by atoms with Crippen molar-refractivity contribution in [3.63, 3.8) is 0 Å². The van der Waals surface area contributed by atoms with Gasteiger partial charge in [0, 0.05) is 79.5 Å². The Hall–Kier alpha value is -6.02. The predicted octanol–water partition coefficient (Wildman–Crippen LogP) is 8.02. The summed E-state index contributed by atoms with van der Waals surface area (Å²) in [5.41, 5.74) is 5.36. The van der Waals surface area contributed by atoms with Crippen molar-refractivity contribution >= 4 is 35.3 Å². The van der Waals surface area contributed by atoms with E-state index in [1.165, 1.54) is 13.1 Å². The standard InChI is InChI=1S/C48H51Cl2N7O8/c1-47(2,3)65-46(61)57-18-16-56(17-19-57)26-31-12-14-39(54-42(31)62-5)37-11-7-10-36(41(37)50)33-8-6-9-35-34(33)13-15-40(35)64-44-38(49)21-32(25-53-48(4,28-58)45(59)60)43(55-44)63-27-30-20-29(22-51)23-52-24-30/h6-12,14,20-21,23-24,40,53,58H,13,15-19,25-28H2,1-5H3,(H,59,60)/t40-,48-/m0/s1. The van der Waals surface area contributed by atoms with Crippen LogP contribution >= 0.6 is 23.2 Å². The number of aromatic nitrogens is 3. The second-order valence-corrected chi connectivity index (χ2v) is 18.0. The Morgan fingerprint density at radius 1 is 0.923 bits per heavy atom. The van der Waals surface area contributed by atoms with Gasteiger partial charge in [-0.05, 0) is 75.4 Å². The maximum Gasteiger partial charge on any atom is 0.410 e. The minimum absolute atomic E-state index is 0.00202. The Morgan fingerprint density at radius 3 is 2.37 bits per heavy atom. The number of hydrogen-bond donors (Lipinski definition) is 3. The first kappa shape index (κ1) is 47.0. The second-order valence-electron chi connectivity index (χ2n) is 17.2. The van der Waals surface area contributed by atoms with Crippen molar-refractivity contribution in [2.45, 2.75) is 77.5 Å². The number of rotatable bonds is 15. The normalized spacial score (nSPS) is 16.0. The van der Waals surface area contributed by atoms with Gasteiger partial charge in [0.15, 0.2) is 0 Å². The molecule has 1 aliphatic heterocycles. The zero-order valence-corrected chi connectivity index (χ0v) is 38.4. The first-order valence-corrected chi connectivity index (χ1v) is 21.9. The van der Waals surface area contributed by atoms with Gasteiger partial charge in [-0.25, -0.2) is 9.78 Å². The van der Waals surface area contributed by atoms with Crippen LogP contribution in [0.3, 0.4) is 0 Å². The highest BCUT2D eigenvalue weighted by Gasteiger charge is 2.33. The first-order valence-electron chi connectivity index (χ1n) is 21.2. The molecule has 1 aliphatic carbocycles. The van der Waals surface area contributed by atoms with Crippen molar-refractivity contribution in [3.8, 4) is 46.1 Å². The first-order chi connectivity index (χ1) is 31.1. The number of hydrogen-bond acceptors (Lipinski definition) is 13. The molecule has 2 aromatic carbocycles. The Balaban J connectivity index is 1.10.